The fraction of sp³-hybridized carbons (Fsp3) is 0.933. The molecule has 0 spiro atoms. The maximum Gasteiger partial charge on any atom is 0.237 e. The average molecular weight is 271 g/mol. The lowest BCUT2D eigenvalue weighted by Gasteiger charge is -2.22. The third kappa shape index (κ3) is 9.00. The topological polar surface area (TPSA) is 44.4 Å². The molecule has 0 aromatic heterocycles. The minimum atomic E-state index is -0.120. The van der Waals surface area contributed by atoms with Gasteiger partial charge in [0.2, 0.25) is 5.91 Å². The van der Waals surface area contributed by atoms with Crippen LogP contribution in [-0.2, 0) is 4.79 Å². The lowest BCUT2D eigenvalue weighted by Crippen LogP contribution is -2.47. The Morgan fingerprint density at radius 1 is 1.11 bits per heavy atom. The summed E-state index contributed by atoms with van der Waals surface area (Å²) >= 11 is 0. The number of amides is 1. The highest BCUT2D eigenvalue weighted by Crippen LogP contribution is 2.01. The second-order valence-electron chi connectivity index (χ2n) is 5.62. The predicted octanol–water partition coefficient (Wildman–Crippen LogP) is 2.00. The summed E-state index contributed by atoms with van der Waals surface area (Å²) in [5.41, 5.74) is 0. The van der Waals surface area contributed by atoms with E-state index in [0.717, 1.165) is 26.1 Å². The van der Waals surface area contributed by atoms with Gasteiger partial charge >= 0.3 is 0 Å². The molecule has 0 radical (unpaired) electrons. The third-order valence-corrected chi connectivity index (χ3v) is 3.36. The molecule has 2 atom stereocenters. The molecule has 0 fully saturated rings. The molecule has 0 heterocycles. The number of rotatable bonds is 10. The summed E-state index contributed by atoms with van der Waals surface area (Å²) in [6, 6.07) is 0.462. The molecule has 0 rings (SSSR count). The van der Waals surface area contributed by atoms with Gasteiger partial charge in [0.05, 0.1) is 6.04 Å². The van der Waals surface area contributed by atoms with Gasteiger partial charge in [0, 0.05) is 12.1 Å². The summed E-state index contributed by atoms with van der Waals surface area (Å²) in [4.78, 5) is 14.2. The van der Waals surface area contributed by atoms with Gasteiger partial charge in [0.25, 0.3) is 0 Å². The molecule has 114 valence electrons. The monoisotopic (exact) mass is 271 g/mol. The van der Waals surface area contributed by atoms with Gasteiger partial charge in [-0.05, 0) is 60.2 Å². The highest BCUT2D eigenvalue weighted by Gasteiger charge is 2.15. The van der Waals surface area contributed by atoms with Crippen molar-refractivity contribution in [2.75, 3.05) is 19.6 Å². The van der Waals surface area contributed by atoms with Gasteiger partial charge in [-0.25, -0.2) is 0 Å². The molecular formula is C15H33N3O. The fourth-order valence-electron chi connectivity index (χ4n) is 2.16. The SMILES string of the molecule is CCN(CC)CCCC(C)NC(C)C(=O)NC(C)C. The molecule has 0 bridgehead atoms. The van der Waals surface area contributed by atoms with E-state index in [9.17, 15) is 4.79 Å². The van der Waals surface area contributed by atoms with Gasteiger partial charge in [0.15, 0.2) is 0 Å². The molecule has 0 aliphatic heterocycles. The molecule has 0 aromatic rings. The van der Waals surface area contributed by atoms with Crippen LogP contribution in [0.5, 0.6) is 0 Å². The van der Waals surface area contributed by atoms with Crippen molar-refractivity contribution in [3.8, 4) is 0 Å². The summed E-state index contributed by atoms with van der Waals surface area (Å²) in [7, 11) is 0. The number of carbonyl (C=O) groups excluding carboxylic acids is 1. The first-order valence-corrected chi connectivity index (χ1v) is 7.69. The molecule has 0 aromatic carbocycles. The van der Waals surface area contributed by atoms with E-state index in [1.807, 2.05) is 20.8 Å². The van der Waals surface area contributed by atoms with E-state index in [-0.39, 0.29) is 18.0 Å². The van der Waals surface area contributed by atoms with E-state index in [1.54, 1.807) is 0 Å². The van der Waals surface area contributed by atoms with Crippen LogP contribution in [0.1, 0.15) is 54.4 Å². The van der Waals surface area contributed by atoms with Gasteiger partial charge in [-0.2, -0.15) is 0 Å². The lowest BCUT2D eigenvalue weighted by molar-refractivity contribution is -0.123. The third-order valence-electron chi connectivity index (χ3n) is 3.36. The molecule has 4 nitrogen and oxygen atoms in total. The quantitative estimate of drug-likeness (QED) is 0.639. The standard InChI is InChI=1S/C15H33N3O/c1-7-18(8-2)11-9-10-13(5)17-14(6)15(19)16-12(3)4/h12-14,17H,7-11H2,1-6H3,(H,16,19). The molecule has 0 aliphatic carbocycles. The summed E-state index contributed by atoms with van der Waals surface area (Å²) < 4.78 is 0. The van der Waals surface area contributed by atoms with E-state index in [4.69, 9.17) is 0 Å². The first-order valence-electron chi connectivity index (χ1n) is 7.69. The van der Waals surface area contributed by atoms with Crippen molar-refractivity contribution in [3.63, 3.8) is 0 Å². The molecular weight excluding hydrogens is 238 g/mol. The maximum absolute atomic E-state index is 11.8. The average Bonchev–Trinajstić information content (AvgIpc) is 2.33. The van der Waals surface area contributed by atoms with Crippen LogP contribution in [-0.4, -0.2) is 48.6 Å². The van der Waals surface area contributed by atoms with E-state index in [0.29, 0.717) is 6.04 Å². The van der Waals surface area contributed by atoms with Crippen molar-refractivity contribution < 1.29 is 4.79 Å². The number of nitrogens with zero attached hydrogens (tertiary/aromatic N) is 1. The van der Waals surface area contributed by atoms with Crippen molar-refractivity contribution in [2.24, 2.45) is 0 Å². The van der Waals surface area contributed by atoms with Crippen LogP contribution in [0.4, 0.5) is 0 Å². The maximum atomic E-state index is 11.8. The van der Waals surface area contributed by atoms with Crippen LogP contribution in [0.15, 0.2) is 0 Å². The summed E-state index contributed by atoms with van der Waals surface area (Å²) in [6.07, 6.45) is 2.28. The van der Waals surface area contributed by atoms with Crippen molar-refractivity contribution in [2.45, 2.75) is 72.5 Å². The first kappa shape index (κ1) is 18.4. The van der Waals surface area contributed by atoms with E-state index >= 15 is 0 Å². The van der Waals surface area contributed by atoms with Crippen LogP contribution < -0.4 is 10.6 Å². The molecule has 19 heavy (non-hydrogen) atoms. The minimum absolute atomic E-state index is 0.0885. The van der Waals surface area contributed by atoms with Crippen LogP contribution in [0.25, 0.3) is 0 Å². The summed E-state index contributed by atoms with van der Waals surface area (Å²) in [5, 5.41) is 6.29. The highest BCUT2D eigenvalue weighted by atomic mass is 16.2. The second kappa shape index (κ2) is 10.2. The molecule has 0 saturated heterocycles. The Labute approximate surface area is 119 Å². The van der Waals surface area contributed by atoms with Crippen molar-refractivity contribution >= 4 is 5.91 Å². The number of carbonyl (C=O) groups is 1. The van der Waals surface area contributed by atoms with Crippen molar-refractivity contribution in [1.82, 2.24) is 15.5 Å². The Kier molecular flexibility index (Phi) is 9.88. The number of nitrogens with one attached hydrogen (secondary N) is 2. The van der Waals surface area contributed by atoms with Gasteiger partial charge in [-0.3, -0.25) is 4.79 Å². The van der Waals surface area contributed by atoms with Crippen LogP contribution in [0.3, 0.4) is 0 Å². The lowest BCUT2D eigenvalue weighted by atomic mass is 10.1. The zero-order chi connectivity index (χ0) is 14.8. The fourth-order valence-corrected chi connectivity index (χ4v) is 2.16. The van der Waals surface area contributed by atoms with Gasteiger partial charge in [-0.1, -0.05) is 13.8 Å². The highest BCUT2D eigenvalue weighted by molar-refractivity contribution is 5.81. The number of hydrogen-bond donors (Lipinski definition) is 2. The zero-order valence-electron chi connectivity index (χ0n) is 13.6. The second-order valence-corrected chi connectivity index (χ2v) is 5.62. The largest absolute Gasteiger partial charge is 0.353 e. The van der Waals surface area contributed by atoms with Crippen molar-refractivity contribution in [1.29, 1.82) is 0 Å². The minimum Gasteiger partial charge on any atom is -0.353 e. The van der Waals surface area contributed by atoms with Crippen molar-refractivity contribution in [3.05, 3.63) is 0 Å². The van der Waals surface area contributed by atoms with E-state index in [2.05, 4.69) is 36.3 Å². The number of hydrogen-bond acceptors (Lipinski definition) is 3. The van der Waals surface area contributed by atoms with E-state index in [1.165, 1.54) is 6.42 Å². The Hall–Kier alpha value is -0.610. The van der Waals surface area contributed by atoms with Crippen LogP contribution in [0.2, 0.25) is 0 Å². The Morgan fingerprint density at radius 2 is 1.68 bits per heavy atom. The van der Waals surface area contributed by atoms with Gasteiger partial charge < -0.3 is 15.5 Å². The van der Waals surface area contributed by atoms with Crippen LogP contribution in [0, 0.1) is 0 Å². The first-order chi connectivity index (χ1) is 8.90. The summed E-state index contributed by atoms with van der Waals surface area (Å²) in [6.45, 7) is 15.8. The molecule has 2 N–H and O–H groups in total. The molecule has 4 heteroatoms. The molecule has 0 aliphatic rings. The Balaban J connectivity index is 3.84. The van der Waals surface area contributed by atoms with E-state index < -0.39 is 0 Å². The van der Waals surface area contributed by atoms with Gasteiger partial charge in [0.1, 0.15) is 0 Å². The summed E-state index contributed by atoms with van der Waals surface area (Å²) in [5.74, 6) is 0.0885. The van der Waals surface area contributed by atoms with Crippen LogP contribution >= 0.6 is 0 Å². The van der Waals surface area contributed by atoms with Gasteiger partial charge in [-0.15, -0.1) is 0 Å². The smallest absolute Gasteiger partial charge is 0.237 e. The molecule has 0 saturated carbocycles. The Morgan fingerprint density at radius 3 is 2.16 bits per heavy atom. The predicted molar refractivity (Wildman–Crippen MR) is 82.4 cm³/mol. The zero-order valence-corrected chi connectivity index (χ0v) is 13.6. The molecule has 1 amide bonds. The Bertz CT molecular complexity index is 240. The molecule has 2 unspecified atom stereocenters. The normalized spacial score (nSPS) is 14.7.